The normalized spacial score (nSPS) is 11.7. The quantitative estimate of drug-likeness (QED) is 0.237. The second-order valence-electron chi connectivity index (χ2n) is 8.87. The predicted octanol–water partition coefficient (Wildman–Crippen LogP) is 9.99. The van der Waals surface area contributed by atoms with Gasteiger partial charge in [0, 0.05) is 15.6 Å². The third-order valence-corrected chi connectivity index (χ3v) is 7.01. The number of phenols is 1. The van der Waals surface area contributed by atoms with Crippen molar-refractivity contribution in [2.45, 2.75) is 19.0 Å². The molecule has 0 atom stereocenters. The predicted molar refractivity (Wildman–Crippen MR) is 145 cm³/mol. The molecule has 5 aromatic rings. The van der Waals surface area contributed by atoms with Gasteiger partial charge in [-0.3, -0.25) is 0 Å². The lowest BCUT2D eigenvalue weighted by Crippen LogP contribution is -2.13. The molecule has 5 aromatic carbocycles. The van der Waals surface area contributed by atoms with Gasteiger partial charge < -0.3 is 5.11 Å². The lowest BCUT2D eigenvalue weighted by Gasteiger charge is -2.21. The summed E-state index contributed by atoms with van der Waals surface area (Å²) in [6.07, 6.45) is -4.28. The molecule has 0 aliphatic rings. The molecule has 5 rings (SSSR count). The molecular formula is C31H21Cl2F3O. The first kappa shape index (κ1) is 25.2. The average molecular weight is 537 g/mol. The number of hydrogen-bond donors (Lipinski definition) is 1. The third kappa shape index (κ3) is 5.31. The number of fused-ring (bicyclic) bond motifs is 1. The number of aromatic hydroxyl groups is 1. The van der Waals surface area contributed by atoms with Gasteiger partial charge in [-0.25, -0.2) is 0 Å². The molecule has 0 unspecified atom stereocenters. The van der Waals surface area contributed by atoms with Crippen molar-refractivity contribution >= 4 is 34.0 Å². The highest BCUT2D eigenvalue weighted by Gasteiger charge is 2.37. The van der Waals surface area contributed by atoms with E-state index in [2.05, 4.69) is 0 Å². The zero-order valence-electron chi connectivity index (χ0n) is 19.5. The molecule has 0 aliphatic heterocycles. The van der Waals surface area contributed by atoms with Crippen molar-refractivity contribution in [3.8, 4) is 28.0 Å². The van der Waals surface area contributed by atoms with Gasteiger partial charge >= 0.3 is 6.18 Å². The molecule has 1 N–H and O–H groups in total. The highest BCUT2D eigenvalue weighted by atomic mass is 35.5. The van der Waals surface area contributed by atoms with Crippen LogP contribution in [-0.2, 0) is 19.0 Å². The van der Waals surface area contributed by atoms with Gasteiger partial charge in [-0.1, -0.05) is 89.9 Å². The molecule has 0 amide bonds. The summed E-state index contributed by atoms with van der Waals surface area (Å²) >= 11 is 12.6. The molecule has 0 spiro atoms. The van der Waals surface area contributed by atoms with E-state index in [0.717, 1.165) is 10.8 Å². The Morgan fingerprint density at radius 3 is 2.05 bits per heavy atom. The molecule has 0 heterocycles. The number of benzene rings is 5. The molecule has 186 valence electrons. The highest BCUT2D eigenvalue weighted by molar-refractivity contribution is 6.36. The Morgan fingerprint density at radius 2 is 1.32 bits per heavy atom. The average Bonchev–Trinajstić information content (AvgIpc) is 2.87. The van der Waals surface area contributed by atoms with E-state index in [1.54, 1.807) is 60.7 Å². The van der Waals surface area contributed by atoms with Crippen molar-refractivity contribution in [2.24, 2.45) is 0 Å². The zero-order valence-corrected chi connectivity index (χ0v) is 21.0. The molecule has 6 heteroatoms. The number of aryl methyl sites for hydroxylation is 2. The topological polar surface area (TPSA) is 20.2 Å². The summed E-state index contributed by atoms with van der Waals surface area (Å²) in [5.41, 5.74) is 1.71. The van der Waals surface area contributed by atoms with Crippen LogP contribution >= 0.6 is 23.2 Å². The van der Waals surface area contributed by atoms with Gasteiger partial charge in [0.2, 0.25) is 0 Å². The second kappa shape index (κ2) is 10.1. The van der Waals surface area contributed by atoms with Gasteiger partial charge in [-0.15, -0.1) is 0 Å². The van der Waals surface area contributed by atoms with Crippen LogP contribution in [0.25, 0.3) is 33.0 Å². The van der Waals surface area contributed by atoms with Gasteiger partial charge in [0.25, 0.3) is 0 Å². The fourth-order valence-electron chi connectivity index (χ4n) is 4.69. The molecule has 0 radical (unpaired) electrons. The van der Waals surface area contributed by atoms with Crippen molar-refractivity contribution in [1.82, 2.24) is 0 Å². The van der Waals surface area contributed by atoms with Crippen LogP contribution in [0.15, 0.2) is 97.1 Å². The highest BCUT2D eigenvalue weighted by Crippen LogP contribution is 2.44. The first-order valence-corrected chi connectivity index (χ1v) is 12.4. The standard InChI is InChI=1S/C31H21Cl2F3O/c32-25-13-14-26(28(33)18-25)24-16-23(12-10-20-6-3-4-8-29(20)37)30(31(34,35)36)27(17-24)22-11-9-19-5-1-2-7-21(19)15-22/h1-9,11,13-18,37H,10,12H2. The van der Waals surface area contributed by atoms with Crippen LogP contribution in [0.5, 0.6) is 5.75 Å². The van der Waals surface area contributed by atoms with Crippen LogP contribution in [-0.4, -0.2) is 5.11 Å². The van der Waals surface area contributed by atoms with E-state index < -0.39 is 11.7 Å². The van der Waals surface area contributed by atoms with Gasteiger partial charge in [0.1, 0.15) is 5.75 Å². The SMILES string of the molecule is Oc1ccccc1CCc1cc(-c2ccc(Cl)cc2Cl)cc(-c2ccc3ccccc3c2)c1C(F)(F)F. The van der Waals surface area contributed by atoms with Crippen LogP contribution in [0.2, 0.25) is 10.0 Å². The van der Waals surface area contributed by atoms with Crippen LogP contribution < -0.4 is 0 Å². The largest absolute Gasteiger partial charge is 0.508 e. The van der Waals surface area contributed by atoms with Crippen LogP contribution in [0.3, 0.4) is 0 Å². The van der Waals surface area contributed by atoms with E-state index in [9.17, 15) is 18.3 Å². The number of para-hydroxylation sites is 1. The minimum Gasteiger partial charge on any atom is -0.508 e. The summed E-state index contributed by atoms with van der Waals surface area (Å²) in [5.74, 6) is 0.0581. The van der Waals surface area contributed by atoms with Gasteiger partial charge in [0.05, 0.1) is 5.56 Å². The first-order valence-electron chi connectivity index (χ1n) is 11.7. The van der Waals surface area contributed by atoms with Crippen LogP contribution in [0, 0.1) is 0 Å². The smallest absolute Gasteiger partial charge is 0.417 e. The van der Waals surface area contributed by atoms with Gasteiger partial charge in [0.15, 0.2) is 0 Å². The van der Waals surface area contributed by atoms with Crippen molar-refractivity contribution in [3.63, 3.8) is 0 Å². The number of rotatable bonds is 5. The first-order chi connectivity index (χ1) is 17.7. The lowest BCUT2D eigenvalue weighted by atomic mass is 9.87. The monoisotopic (exact) mass is 536 g/mol. The number of hydrogen-bond acceptors (Lipinski definition) is 1. The third-order valence-electron chi connectivity index (χ3n) is 6.46. The Morgan fingerprint density at radius 1 is 0.622 bits per heavy atom. The molecule has 1 nitrogen and oxygen atoms in total. The maximum Gasteiger partial charge on any atom is 0.417 e. The molecule has 0 aliphatic carbocycles. The van der Waals surface area contributed by atoms with Crippen molar-refractivity contribution < 1.29 is 18.3 Å². The maximum absolute atomic E-state index is 14.7. The summed E-state index contributed by atoms with van der Waals surface area (Å²) < 4.78 is 44.1. The van der Waals surface area contributed by atoms with Gasteiger partial charge in [-0.05, 0) is 81.8 Å². The molecule has 0 fully saturated rings. The summed E-state index contributed by atoms with van der Waals surface area (Å²) in [6, 6.07) is 27.6. The van der Waals surface area contributed by atoms with Crippen molar-refractivity contribution in [3.05, 3.63) is 124 Å². The summed E-state index contributed by atoms with van der Waals surface area (Å²) in [5, 5.41) is 12.8. The van der Waals surface area contributed by atoms with E-state index >= 15 is 0 Å². The molecule has 0 bridgehead atoms. The summed E-state index contributed by atoms with van der Waals surface area (Å²) in [6.45, 7) is 0. The van der Waals surface area contributed by atoms with Crippen molar-refractivity contribution in [2.75, 3.05) is 0 Å². The van der Waals surface area contributed by atoms with E-state index in [-0.39, 0.29) is 29.7 Å². The van der Waals surface area contributed by atoms with E-state index in [1.807, 2.05) is 30.3 Å². The minimum atomic E-state index is -4.60. The zero-order chi connectivity index (χ0) is 26.2. The Hall–Kier alpha value is -3.47. The summed E-state index contributed by atoms with van der Waals surface area (Å²) in [4.78, 5) is 0. The van der Waals surface area contributed by atoms with Gasteiger partial charge in [-0.2, -0.15) is 13.2 Å². The number of phenolic OH excluding ortho intramolecular Hbond substituents is 1. The molecule has 0 saturated carbocycles. The second-order valence-corrected chi connectivity index (χ2v) is 9.71. The minimum absolute atomic E-state index is 0.0581. The molecule has 0 saturated heterocycles. The Bertz CT molecular complexity index is 1610. The van der Waals surface area contributed by atoms with Crippen LogP contribution in [0.4, 0.5) is 13.2 Å². The maximum atomic E-state index is 14.7. The summed E-state index contributed by atoms with van der Waals surface area (Å²) in [7, 11) is 0. The molecule has 0 aromatic heterocycles. The van der Waals surface area contributed by atoms with E-state index in [1.165, 1.54) is 6.07 Å². The van der Waals surface area contributed by atoms with E-state index in [4.69, 9.17) is 23.2 Å². The number of alkyl halides is 3. The Labute approximate surface area is 222 Å². The fourth-order valence-corrected chi connectivity index (χ4v) is 5.21. The Balaban J connectivity index is 1.74. The molecule has 37 heavy (non-hydrogen) atoms. The lowest BCUT2D eigenvalue weighted by molar-refractivity contribution is -0.137. The molecular weight excluding hydrogens is 516 g/mol. The van der Waals surface area contributed by atoms with Crippen LogP contribution in [0.1, 0.15) is 16.7 Å². The van der Waals surface area contributed by atoms with E-state index in [0.29, 0.717) is 32.3 Å². The fraction of sp³-hybridized carbons (Fsp3) is 0.0968. The number of halogens is 5. The Kier molecular flexibility index (Phi) is 6.89. The van der Waals surface area contributed by atoms with Crippen molar-refractivity contribution in [1.29, 1.82) is 0 Å².